The van der Waals surface area contributed by atoms with Gasteiger partial charge in [-0.25, -0.2) is 0 Å². The molecule has 1 saturated carbocycles. The van der Waals surface area contributed by atoms with Crippen molar-refractivity contribution in [3.8, 4) is 0 Å². The fourth-order valence-corrected chi connectivity index (χ4v) is 1.45. The highest BCUT2D eigenvalue weighted by Gasteiger charge is 2.20. The first-order valence-electron chi connectivity index (χ1n) is 5.10. The maximum Gasteiger partial charge on any atom is 0.248 e. The monoisotopic (exact) mass is 205 g/mol. The van der Waals surface area contributed by atoms with E-state index in [-0.39, 0.29) is 0 Å². The van der Waals surface area contributed by atoms with Crippen molar-refractivity contribution in [2.45, 2.75) is 12.8 Å². The first kappa shape index (κ1) is 9.83. The second-order valence-corrected chi connectivity index (χ2v) is 3.99. The number of benzene rings is 1. The zero-order valence-corrected chi connectivity index (χ0v) is 8.49. The summed E-state index contributed by atoms with van der Waals surface area (Å²) in [5.74, 6) is 0.343. The van der Waals surface area contributed by atoms with Crippen molar-refractivity contribution in [1.82, 2.24) is 0 Å². The quantitative estimate of drug-likeness (QED) is 0.646. The molecular weight excluding hydrogens is 190 g/mol. The summed E-state index contributed by atoms with van der Waals surface area (Å²) in [5.41, 5.74) is 12.9. The second-order valence-electron chi connectivity index (χ2n) is 3.99. The number of nitrogens with one attached hydrogen (secondary N) is 1. The Morgan fingerprint density at radius 3 is 2.73 bits per heavy atom. The molecule has 2 rings (SSSR count). The maximum absolute atomic E-state index is 10.9. The Balaban J connectivity index is 2.07. The van der Waals surface area contributed by atoms with Gasteiger partial charge in [0.2, 0.25) is 5.91 Å². The molecule has 0 spiro atoms. The molecule has 0 bridgehead atoms. The molecule has 4 nitrogen and oxygen atoms in total. The molecule has 15 heavy (non-hydrogen) atoms. The van der Waals surface area contributed by atoms with Gasteiger partial charge in [0.1, 0.15) is 0 Å². The molecule has 1 fully saturated rings. The van der Waals surface area contributed by atoms with Gasteiger partial charge in [0.25, 0.3) is 0 Å². The SMILES string of the molecule is NC(=O)c1ccc(NCC2CC2)c(N)c1. The van der Waals surface area contributed by atoms with Gasteiger partial charge in [-0.15, -0.1) is 0 Å². The summed E-state index contributed by atoms with van der Waals surface area (Å²) in [7, 11) is 0. The van der Waals surface area contributed by atoms with Crippen LogP contribution in [0.15, 0.2) is 18.2 Å². The number of anilines is 2. The minimum Gasteiger partial charge on any atom is -0.397 e. The van der Waals surface area contributed by atoms with Crippen LogP contribution in [0.3, 0.4) is 0 Å². The molecule has 1 aromatic rings. The van der Waals surface area contributed by atoms with Crippen LogP contribution in [0.5, 0.6) is 0 Å². The average molecular weight is 205 g/mol. The number of hydrogen-bond acceptors (Lipinski definition) is 3. The number of carbonyl (C=O) groups excluding carboxylic acids is 1. The van der Waals surface area contributed by atoms with Crippen LogP contribution in [-0.2, 0) is 0 Å². The Morgan fingerprint density at radius 1 is 1.47 bits per heavy atom. The molecule has 0 aromatic heterocycles. The van der Waals surface area contributed by atoms with Crippen LogP contribution in [0, 0.1) is 5.92 Å². The van der Waals surface area contributed by atoms with Crippen molar-refractivity contribution in [3.05, 3.63) is 23.8 Å². The lowest BCUT2D eigenvalue weighted by Gasteiger charge is -2.09. The third-order valence-electron chi connectivity index (χ3n) is 2.61. The standard InChI is InChI=1S/C11H15N3O/c12-9-5-8(11(13)15)3-4-10(9)14-6-7-1-2-7/h3-5,7,14H,1-2,6,12H2,(H2,13,15). The lowest BCUT2D eigenvalue weighted by Crippen LogP contribution is -2.12. The summed E-state index contributed by atoms with van der Waals surface area (Å²) in [6.07, 6.45) is 2.60. The van der Waals surface area contributed by atoms with Crippen molar-refractivity contribution in [1.29, 1.82) is 0 Å². The highest BCUT2D eigenvalue weighted by Crippen LogP contribution is 2.30. The van der Waals surface area contributed by atoms with Gasteiger partial charge in [0.15, 0.2) is 0 Å². The van der Waals surface area contributed by atoms with E-state index >= 15 is 0 Å². The van der Waals surface area contributed by atoms with E-state index in [4.69, 9.17) is 11.5 Å². The number of carbonyl (C=O) groups is 1. The highest BCUT2D eigenvalue weighted by molar-refractivity contribution is 5.94. The highest BCUT2D eigenvalue weighted by atomic mass is 16.1. The summed E-state index contributed by atoms with van der Waals surface area (Å²) in [4.78, 5) is 10.9. The van der Waals surface area contributed by atoms with Crippen LogP contribution in [0.1, 0.15) is 23.2 Å². The van der Waals surface area contributed by atoms with Crippen LogP contribution >= 0.6 is 0 Å². The van der Waals surface area contributed by atoms with Gasteiger partial charge in [-0.2, -0.15) is 0 Å². The molecule has 0 aliphatic heterocycles. The smallest absolute Gasteiger partial charge is 0.248 e. The van der Waals surface area contributed by atoms with E-state index in [1.54, 1.807) is 18.2 Å². The van der Waals surface area contributed by atoms with Crippen molar-refractivity contribution in [2.24, 2.45) is 11.7 Å². The molecular formula is C11H15N3O. The Hall–Kier alpha value is -1.71. The van der Waals surface area contributed by atoms with Crippen LogP contribution in [0.25, 0.3) is 0 Å². The first-order valence-corrected chi connectivity index (χ1v) is 5.10. The number of hydrogen-bond donors (Lipinski definition) is 3. The largest absolute Gasteiger partial charge is 0.397 e. The van der Waals surface area contributed by atoms with E-state index < -0.39 is 5.91 Å². The predicted octanol–water partition coefficient (Wildman–Crippen LogP) is 1.19. The third-order valence-corrected chi connectivity index (χ3v) is 2.61. The topological polar surface area (TPSA) is 81.1 Å². The summed E-state index contributed by atoms with van der Waals surface area (Å²) in [6, 6.07) is 5.10. The summed E-state index contributed by atoms with van der Waals surface area (Å²) < 4.78 is 0. The van der Waals surface area contributed by atoms with E-state index in [9.17, 15) is 4.79 Å². The molecule has 0 heterocycles. The number of primary amides is 1. The van der Waals surface area contributed by atoms with E-state index in [0.717, 1.165) is 18.2 Å². The third kappa shape index (κ3) is 2.40. The molecule has 1 aliphatic rings. The molecule has 1 amide bonds. The Morgan fingerprint density at radius 2 is 2.20 bits per heavy atom. The van der Waals surface area contributed by atoms with Crippen LogP contribution in [-0.4, -0.2) is 12.5 Å². The molecule has 1 aromatic carbocycles. The molecule has 0 atom stereocenters. The van der Waals surface area contributed by atoms with Gasteiger partial charge in [-0.3, -0.25) is 4.79 Å². The number of amides is 1. The van der Waals surface area contributed by atoms with Crippen LogP contribution in [0.4, 0.5) is 11.4 Å². The van der Waals surface area contributed by atoms with Crippen LogP contribution < -0.4 is 16.8 Å². The summed E-state index contributed by atoms with van der Waals surface area (Å²) in [5, 5.41) is 3.26. The molecule has 5 N–H and O–H groups in total. The molecule has 80 valence electrons. The number of rotatable bonds is 4. The van der Waals surface area contributed by atoms with E-state index in [1.807, 2.05) is 0 Å². The van der Waals surface area contributed by atoms with Gasteiger partial charge in [0.05, 0.1) is 11.4 Å². The molecule has 0 radical (unpaired) electrons. The lowest BCUT2D eigenvalue weighted by atomic mass is 10.1. The molecule has 4 heteroatoms. The summed E-state index contributed by atoms with van der Waals surface area (Å²) in [6.45, 7) is 0.958. The fraction of sp³-hybridized carbons (Fsp3) is 0.364. The Bertz CT molecular complexity index is 385. The zero-order valence-electron chi connectivity index (χ0n) is 8.49. The fourth-order valence-electron chi connectivity index (χ4n) is 1.45. The molecule has 1 aliphatic carbocycles. The summed E-state index contributed by atoms with van der Waals surface area (Å²) >= 11 is 0. The van der Waals surface area contributed by atoms with Gasteiger partial charge in [-0.05, 0) is 37.0 Å². The number of nitrogen functional groups attached to an aromatic ring is 1. The van der Waals surface area contributed by atoms with Gasteiger partial charge >= 0.3 is 0 Å². The first-order chi connectivity index (χ1) is 7.16. The van der Waals surface area contributed by atoms with E-state index in [2.05, 4.69) is 5.32 Å². The van der Waals surface area contributed by atoms with Crippen molar-refractivity contribution in [2.75, 3.05) is 17.6 Å². The van der Waals surface area contributed by atoms with Crippen molar-refractivity contribution < 1.29 is 4.79 Å². The second kappa shape index (κ2) is 3.81. The van der Waals surface area contributed by atoms with Crippen molar-refractivity contribution >= 4 is 17.3 Å². The van der Waals surface area contributed by atoms with Gasteiger partial charge in [-0.1, -0.05) is 0 Å². The van der Waals surface area contributed by atoms with Crippen LogP contribution in [0.2, 0.25) is 0 Å². The minimum absolute atomic E-state index is 0.449. The van der Waals surface area contributed by atoms with Gasteiger partial charge < -0.3 is 16.8 Å². The maximum atomic E-state index is 10.9. The van der Waals surface area contributed by atoms with Crippen molar-refractivity contribution in [3.63, 3.8) is 0 Å². The normalized spacial score (nSPS) is 14.9. The number of nitrogens with two attached hydrogens (primary N) is 2. The minimum atomic E-state index is -0.449. The lowest BCUT2D eigenvalue weighted by molar-refractivity contribution is 0.100. The van der Waals surface area contributed by atoms with E-state index in [0.29, 0.717) is 11.3 Å². The predicted molar refractivity (Wildman–Crippen MR) is 60.6 cm³/mol. The molecule has 0 saturated heterocycles. The van der Waals surface area contributed by atoms with E-state index in [1.165, 1.54) is 12.8 Å². The molecule has 0 unspecified atom stereocenters. The Kier molecular flexibility index (Phi) is 2.49. The zero-order chi connectivity index (χ0) is 10.8. The Labute approximate surface area is 88.6 Å². The average Bonchev–Trinajstić information content (AvgIpc) is 2.99. The van der Waals surface area contributed by atoms with Gasteiger partial charge in [0, 0.05) is 12.1 Å².